The molecule has 1 aromatic carbocycles. The van der Waals surface area contributed by atoms with Gasteiger partial charge in [0.2, 0.25) is 11.6 Å². The third-order valence-corrected chi connectivity index (χ3v) is 5.32. The molecule has 11 nitrogen and oxygen atoms in total. The molecule has 1 aliphatic heterocycles. The first-order valence-electron chi connectivity index (χ1n) is 10.6. The van der Waals surface area contributed by atoms with Gasteiger partial charge in [-0.25, -0.2) is 4.79 Å². The SMILES string of the molecule is CCOC(=O)NC(=O)/C(C#N)=N/Nc1cc(Cl)c(OC2=NNC(O)C3=C2CCCC3)c(C(F)(F)F)c1. The van der Waals surface area contributed by atoms with Crippen molar-refractivity contribution in [2.45, 2.75) is 45.0 Å². The van der Waals surface area contributed by atoms with E-state index in [1.165, 1.54) is 13.0 Å². The van der Waals surface area contributed by atoms with Gasteiger partial charge in [-0.3, -0.25) is 21.0 Å². The summed E-state index contributed by atoms with van der Waals surface area (Å²) in [4.78, 5) is 23.2. The van der Waals surface area contributed by atoms with Crippen LogP contribution in [0.1, 0.15) is 38.2 Å². The van der Waals surface area contributed by atoms with Crippen LogP contribution in [-0.2, 0) is 15.7 Å². The predicted molar refractivity (Wildman–Crippen MR) is 121 cm³/mol. The minimum atomic E-state index is -4.92. The second kappa shape index (κ2) is 11.3. The lowest BCUT2D eigenvalue weighted by molar-refractivity contribution is -0.138. The van der Waals surface area contributed by atoms with E-state index in [4.69, 9.17) is 21.6 Å². The predicted octanol–water partition coefficient (Wildman–Crippen LogP) is 3.41. The molecule has 15 heteroatoms. The summed E-state index contributed by atoms with van der Waals surface area (Å²) in [6.07, 6.45) is -4.54. The number of nitrogens with zero attached hydrogens (tertiary/aromatic N) is 3. The summed E-state index contributed by atoms with van der Waals surface area (Å²) in [5.74, 6) is -2.09. The fourth-order valence-electron chi connectivity index (χ4n) is 3.46. The topological polar surface area (TPSA) is 157 Å². The van der Waals surface area contributed by atoms with Gasteiger partial charge in [-0.2, -0.15) is 23.5 Å². The molecule has 1 aromatic rings. The van der Waals surface area contributed by atoms with Crippen LogP contribution in [0.5, 0.6) is 5.75 Å². The van der Waals surface area contributed by atoms with E-state index >= 15 is 0 Å². The Hall–Kier alpha value is -3.83. The van der Waals surface area contributed by atoms with Gasteiger partial charge in [0.1, 0.15) is 11.6 Å². The number of amides is 2. The summed E-state index contributed by atoms with van der Waals surface area (Å²) in [7, 11) is 0. The Balaban J connectivity index is 1.89. The van der Waals surface area contributed by atoms with Crippen molar-refractivity contribution in [2.75, 3.05) is 12.0 Å². The lowest BCUT2D eigenvalue weighted by Gasteiger charge is -2.29. The molecular weight excluding hydrogens is 509 g/mol. The van der Waals surface area contributed by atoms with Crippen LogP contribution in [0.4, 0.5) is 23.7 Å². The molecule has 1 atom stereocenters. The molecule has 0 radical (unpaired) electrons. The van der Waals surface area contributed by atoms with Crippen LogP contribution in [0, 0.1) is 11.3 Å². The Bertz CT molecular complexity index is 1190. The minimum absolute atomic E-state index is 0.0365. The smallest absolute Gasteiger partial charge is 0.420 e. The van der Waals surface area contributed by atoms with Gasteiger partial charge >= 0.3 is 12.3 Å². The molecule has 0 saturated heterocycles. The van der Waals surface area contributed by atoms with Crippen LogP contribution in [0.15, 0.2) is 33.5 Å². The minimum Gasteiger partial charge on any atom is -0.450 e. The average molecular weight is 529 g/mol. The fourth-order valence-corrected chi connectivity index (χ4v) is 3.72. The Morgan fingerprint density at radius 1 is 1.36 bits per heavy atom. The Morgan fingerprint density at radius 3 is 2.75 bits per heavy atom. The van der Waals surface area contributed by atoms with E-state index in [0.29, 0.717) is 30.1 Å². The van der Waals surface area contributed by atoms with Gasteiger partial charge in [-0.15, -0.1) is 5.10 Å². The normalized spacial score (nSPS) is 17.8. The van der Waals surface area contributed by atoms with E-state index in [1.807, 2.05) is 0 Å². The van der Waals surface area contributed by atoms with E-state index in [9.17, 15) is 27.9 Å². The maximum absolute atomic E-state index is 13.9. The molecule has 4 N–H and O–H groups in total. The van der Waals surface area contributed by atoms with Gasteiger partial charge in [0.25, 0.3) is 5.91 Å². The van der Waals surface area contributed by atoms with Crippen molar-refractivity contribution < 1.29 is 37.3 Å². The van der Waals surface area contributed by atoms with Crippen LogP contribution in [0.3, 0.4) is 0 Å². The third-order valence-electron chi connectivity index (χ3n) is 5.04. The Morgan fingerprint density at radius 2 is 2.08 bits per heavy atom. The molecule has 3 rings (SSSR count). The highest BCUT2D eigenvalue weighted by atomic mass is 35.5. The van der Waals surface area contributed by atoms with E-state index < -0.39 is 46.5 Å². The number of alkyl halides is 3. The molecule has 2 amide bonds. The quantitative estimate of drug-likeness (QED) is 0.334. The summed E-state index contributed by atoms with van der Waals surface area (Å²) < 4.78 is 51.7. The molecule has 0 bridgehead atoms. The average Bonchev–Trinajstić information content (AvgIpc) is 2.82. The second-order valence-corrected chi connectivity index (χ2v) is 7.86. The second-order valence-electron chi connectivity index (χ2n) is 7.45. The maximum atomic E-state index is 13.9. The molecule has 0 fully saturated rings. The Kier molecular flexibility index (Phi) is 8.38. The lowest BCUT2D eigenvalue weighted by atomic mass is 9.90. The largest absolute Gasteiger partial charge is 0.450 e. The number of alkyl carbamates (subject to hydrolysis) is 1. The van der Waals surface area contributed by atoms with Crippen molar-refractivity contribution in [2.24, 2.45) is 10.2 Å². The van der Waals surface area contributed by atoms with E-state index in [1.54, 1.807) is 5.32 Å². The molecule has 0 aromatic heterocycles. The summed E-state index contributed by atoms with van der Waals surface area (Å²) in [6.45, 7) is 1.46. The number of hydrazone groups is 2. The van der Waals surface area contributed by atoms with Gasteiger partial charge in [-0.1, -0.05) is 11.6 Å². The number of halogens is 4. The van der Waals surface area contributed by atoms with Crippen molar-refractivity contribution in [3.63, 3.8) is 0 Å². The summed E-state index contributed by atoms with van der Waals surface area (Å²) in [5, 5.41) is 27.7. The van der Waals surface area contributed by atoms with Crippen LogP contribution in [0.2, 0.25) is 5.02 Å². The van der Waals surface area contributed by atoms with Gasteiger partial charge in [0.05, 0.1) is 17.3 Å². The van der Waals surface area contributed by atoms with Gasteiger partial charge in [-0.05, 0) is 50.3 Å². The number of carbonyl (C=O) groups excluding carboxylic acids is 2. The van der Waals surface area contributed by atoms with E-state index in [-0.39, 0.29) is 18.2 Å². The fraction of sp³-hybridized carbons (Fsp3) is 0.381. The number of hydrogen-bond acceptors (Lipinski definition) is 10. The number of nitrogens with one attached hydrogen (secondary N) is 3. The van der Waals surface area contributed by atoms with Gasteiger partial charge in [0.15, 0.2) is 12.0 Å². The summed E-state index contributed by atoms with van der Waals surface area (Å²) >= 11 is 6.12. The van der Waals surface area contributed by atoms with Crippen LogP contribution < -0.4 is 20.9 Å². The van der Waals surface area contributed by atoms with Crippen LogP contribution in [0.25, 0.3) is 0 Å². The molecule has 0 spiro atoms. The first kappa shape index (κ1) is 26.8. The zero-order valence-electron chi connectivity index (χ0n) is 18.7. The van der Waals surface area contributed by atoms with E-state index in [2.05, 4.69) is 25.8 Å². The Labute approximate surface area is 207 Å². The van der Waals surface area contributed by atoms with Crippen molar-refractivity contribution in [3.8, 4) is 11.8 Å². The van der Waals surface area contributed by atoms with Crippen molar-refractivity contribution in [3.05, 3.63) is 33.9 Å². The number of hydrogen-bond donors (Lipinski definition) is 4. The number of imide groups is 1. The number of anilines is 1. The van der Waals surface area contributed by atoms with Crippen molar-refractivity contribution in [1.29, 1.82) is 5.26 Å². The highest BCUT2D eigenvalue weighted by Crippen LogP contribution is 2.43. The lowest BCUT2D eigenvalue weighted by Crippen LogP contribution is -2.37. The maximum Gasteiger partial charge on any atom is 0.420 e. The highest BCUT2D eigenvalue weighted by molar-refractivity contribution is 6.46. The van der Waals surface area contributed by atoms with Gasteiger partial charge in [0, 0.05) is 5.57 Å². The standard InChI is InChI=1S/C21H20ClF3N6O5/c1-2-35-20(34)27-18(33)15(9-26)29-28-10-7-13(21(23,24)25)16(14(22)8-10)36-19-12-6-4-3-5-11(12)17(32)30-31-19/h7-8,17,28,30,32H,2-6H2,1H3,(H,27,33,34)/b29-15+. The molecule has 1 aliphatic carbocycles. The van der Waals surface area contributed by atoms with Crippen LogP contribution >= 0.6 is 11.6 Å². The molecular formula is C21H20ClF3N6O5. The molecule has 192 valence electrons. The first-order valence-corrected chi connectivity index (χ1v) is 11.0. The van der Waals surface area contributed by atoms with Crippen molar-refractivity contribution >= 4 is 40.9 Å². The molecule has 36 heavy (non-hydrogen) atoms. The number of benzene rings is 1. The van der Waals surface area contributed by atoms with Gasteiger partial charge < -0.3 is 14.6 Å². The number of aliphatic hydroxyl groups excluding tert-OH is 1. The van der Waals surface area contributed by atoms with Crippen molar-refractivity contribution in [1.82, 2.24) is 10.7 Å². The number of rotatable bonds is 5. The van der Waals surface area contributed by atoms with Crippen LogP contribution in [-0.4, -0.2) is 41.6 Å². The number of aliphatic hydroxyl groups is 1. The summed E-state index contributed by atoms with van der Waals surface area (Å²) in [5.41, 5.74) is 3.20. The first-order chi connectivity index (χ1) is 17.0. The monoisotopic (exact) mass is 528 g/mol. The highest BCUT2D eigenvalue weighted by Gasteiger charge is 2.38. The zero-order valence-corrected chi connectivity index (χ0v) is 19.5. The molecule has 1 heterocycles. The molecule has 2 aliphatic rings. The zero-order chi connectivity index (χ0) is 26.5. The number of ether oxygens (including phenoxy) is 2. The number of carbonyl (C=O) groups is 2. The number of nitriles is 1. The van der Waals surface area contributed by atoms with E-state index in [0.717, 1.165) is 18.9 Å². The molecule has 0 saturated carbocycles. The summed E-state index contributed by atoms with van der Waals surface area (Å²) in [6, 6.07) is 3.07. The third kappa shape index (κ3) is 6.23. The molecule has 1 unspecified atom stereocenters.